The Labute approximate surface area is 158 Å². The first kappa shape index (κ1) is 15.4. The Bertz CT molecular complexity index is 1230. The number of oxazole rings is 1. The lowest BCUT2D eigenvalue weighted by atomic mass is 10.1. The molecule has 0 aliphatic heterocycles. The lowest BCUT2D eigenvalue weighted by Gasteiger charge is -1.99. The number of nitrogens with zero attached hydrogens (tertiary/aromatic N) is 2. The molecule has 5 aromatic rings. The van der Waals surface area contributed by atoms with Crippen LogP contribution in [-0.2, 0) is 0 Å². The minimum Gasteiger partial charge on any atom is -0.423 e. The molecule has 0 spiro atoms. The topological polar surface area (TPSA) is 51.0 Å². The standard InChI is InChI=1S/C20H12ClN3OS/c21-14-7-9-18-16(11-14)23-20(26-18)24-19-22-15-10-13(6-8-17(15)25-19)12-4-2-1-3-5-12/h1-11H,(H,22,23,24). The summed E-state index contributed by atoms with van der Waals surface area (Å²) >= 11 is 7.55. The molecule has 0 radical (unpaired) electrons. The fourth-order valence-corrected chi connectivity index (χ4v) is 3.84. The van der Waals surface area contributed by atoms with Crippen LogP contribution in [-0.4, -0.2) is 9.97 Å². The Morgan fingerprint density at radius 1 is 0.846 bits per heavy atom. The van der Waals surface area contributed by atoms with Gasteiger partial charge in [0.25, 0.3) is 0 Å². The van der Waals surface area contributed by atoms with Crippen molar-refractivity contribution in [2.24, 2.45) is 0 Å². The van der Waals surface area contributed by atoms with Crippen molar-refractivity contribution in [1.82, 2.24) is 9.97 Å². The third-order valence-electron chi connectivity index (χ3n) is 4.06. The maximum Gasteiger partial charge on any atom is 0.302 e. The second kappa shape index (κ2) is 6.12. The maximum absolute atomic E-state index is 6.02. The lowest BCUT2D eigenvalue weighted by molar-refractivity contribution is 0.623. The van der Waals surface area contributed by atoms with Crippen LogP contribution in [0.4, 0.5) is 11.1 Å². The van der Waals surface area contributed by atoms with Crippen molar-refractivity contribution in [3.05, 3.63) is 71.8 Å². The SMILES string of the molecule is Clc1ccc2sc(Nc3nc4cc(-c5ccccc5)ccc4o3)nc2c1. The zero-order valence-corrected chi connectivity index (χ0v) is 15.0. The Hall–Kier alpha value is -2.89. The van der Waals surface area contributed by atoms with Crippen LogP contribution in [0.1, 0.15) is 0 Å². The Balaban J connectivity index is 1.48. The van der Waals surface area contributed by atoms with Crippen LogP contribution < -0.4 is 5.32 Å². The van der Waals surface area contributed by atoms with Gasteiger partial charge in [-0.05, 0) is 41.5 Å². The van der Waals surface area contributed by atoms with Crippen LogP contribution in [0.3, 0.4) is 0 Å². The molecule has 26 heavy (non-hydrogen) atoms. The van der Waals surface area contributed by atoms with E-state index in [2.05, 4.69) is 27.4 Å². The quantitative estimate of drug-likeness (QED) is 0.389. The summed E-state index contributed by atoms with van der Waals surface area (Å²) in [6.45, 7) is 0. The molecule has 0 unspecified atom stereocenters. The van der Waals surface area contributed by atoms with Crippen molar-refractivity contribution < 1.29 is 4.42 Å². The van der Waals surface area contributed by atoms with Gasteiger partial charge in [-0.3, -0.25) is 5.32 Å². The number of rotatable bonds is 3. The van der Waals surface area contributed by atoms with Gasteiger partial charge in [0.2, 0.25) is 0 Å². The minimum absolute atomic E-state index is 0.426. The first-order chi connectivity index (χ1) is 12.7. The van der Waals surface area contributed by atoms with Crippen molar-refractivity contribution in [3.63, 3.8) is 0 Å². The molecule has 5 rings (SSSR count). The molecule has 0 amide bonds. The van der Waals surface area contributed by atoms with E-state index in [1.807, 2.05) is 54.6 Å². The Kier molecular flexibility index (Phi) is 3.62. The summed E-state index contributed by atoms with van der Waals surface area (Å²) in [6, 6.07) is 22.3. The fraction of sp³-hybridized carbons (Fsp3) is 0. The van der Waals surface area contributed by atoms with Gasteiger partial charge >= 0.3 is 6.01 Å². The average Bonchev–Trinajstić information content (AvgIpc) is 3.24. The van der Waals surface area contributed by atoms with E-state index in [1.165, 1.54) is 11.3 Å². The molecule has 0 aliphatic carbocycles. The molecule has 126 valence electrons. The van der Waals surface area contributed by atoms with Gasteiger partial charge in [-0.15, -0.1) is 0 Å². The summed E-state index contributed by atoms with van der Waals surface area (Å²) in [5, 5.41) is 4.54. The third kappa shape index (κ3) is 2.81. The average molecular weight is 378 g/mol. The van der Waals surface area contributed by atoms with Crippen LogP contribution in [0, 0.1) is 0 Å². The second-order valence-electron chi connectivity index (χ2n) is 5.82. The molecule has 0 fully saturated rings. The van der Waals surface area contributed by atoms with E-state index in [1.54, 1.807) is 0 Å². The molecule has 0 aliphatic rings. The van der Waals surface area contributed by atoms with E-state index in [4.69, 9.17) is 16.0 Å². The number of thiazole rings is 1. The highest BCUT2D eigenvalue weighted by molar-refractivity contribution is 7.22. The van der Waals surface area contributed by atoms with Gasteiger partial charge < -0.3 is 4.42 Å². The van der Waals surface area contributed by atoms with Crippen molar-refractivity contribution in [1.29, 1.82) is 0 Å². The van der Waals surface area contributed by atoms with Crippen LogP contribution in [0.2, 0.25) is 5.02 Å². The normalized spacial score (nSPS) is 11.3. The van der Waals surface area contributed by atoms with E-state index in [9.17, 15) is 0 Å². The predicted molar refractivity (Wildman–Crippen MR) is 107 cm³/mol. The molecule has 0 bridgehead atoms. The van der Waals surface area contributed by atoms with E-state index in [-0.39, 0.29) is 0 Å². The minimum atomic E-state index is 0.426. The molecular formula is C20H12ClN3OS. The number of nitrogens with one attached hydrogen (secondary N) is 1. The molecule has 2 heterocycles. The van der Waals surface area contributed by atoms with Gasteiger partial charge in [-0.1, -0.05) is 59.3 Å². The number of hydrogen-bond acceptors (Lipinski definition) is 5. The lowest BCUT2D eigenvalue weighted by Crippen LogP contribution is -1.88. The summed E-state index contributed by atoms with van der Waals surface area (Å²) in [7, 11) is 0. The molecule has 0 atom stereocenters. The summed E-state index contributed by atoms with van der Waals surface area (Å²) in [5.41, 5.74) is 4.64. The van der Waals surface area contributed by atoms with Crippen LogP contribution >= 0.6 is 22.9 Å². The summed E-state index contributed by atoms with van der Waals surface area (Å²) in [4.78, 5) is 9.07. The van der Waals surface area contributed by atoms with E-state index in [0.29, 0.717) is 11.0 Å². The van der Waals surface area contributed by atoms with Crippen molar-refractivity contribution in [2.75, 3.05) is 5.32 Å². The summed E-state index contributed by atoms with van der Waals surface area (Å²) < 4.78 is 6.86. The summed E-state index contributed by atoms with van der Waals surface area (Å²) in [6.07, 6.45) is 0. The van der Waals surface area contributed by atoms with E-state index in [0.717, 1.165) is 37.6 Å². The van der Waals surface area contributed by atoms with Crippen LogP contribution in [0.5, 0.6) is 0 Å². The number of aromatic nitrogens is 2. The predicted octanol–water partition coefficient (Wildman–Crippen LogP) is 6.50. The van der Waals surface area contributed by atoms with Gasteiger partial charge in [0.15, 0.2) is 10.7 Å². The van der Waals surface area contributed by atoms with E-state index < -0.39 is 0 Å². The van der Waals surface area contributed by atoms with Gasteiger partial charge in [-0.25, -0.2) is 4.98 Å². The fourth-order valence-electron chi connectivity index (χ4n) is 2.84. The third-order valence-corrected chi connectivity index (χ3v) is 5.25. The first-order valence-corrected chi connectivity index (χ1v) is 9.23. The zero-order chi connectivity index (χ0) is 17.5. The summed E-state index contributed by atoms with van der Waals surface area (Å²) in [5.74, 6) is 0. The van der Waals surface area contributed by atoms with Gasteiger partial charge in [-0.2, -0.15) is 4.98 Å². The highest BCUT2D eigenvalue weighted by Crippen LogP contribution is 2.31. The van der Waals surface area contributed by atoms with Gasteiger partial charge in [0.1, 0.15) is 5.52 Å². The molecule has 6 heteroatoms. The van der Waals surface area contributed by atoms with Crippen LogP contribution in [0.25, 0.3) is 32.4 Å². The molecule has 4 nitrogen and oxygen atoms in total. The van der Waals surface area contributed by atoms with Crippen LogP contribution in [0.15, 0.2) is 71.1 Å². The highest BCUT2D eigenvalue weighted by Gasteiger charge is 2.10. The molecule has 0 saturated carbocycles. The number of fused-ring (bicyclic) bond motifs is 2. The first-order valence-electron chi connectivity index (χ1n) is 8.04. The number of benzene rings is 3. The van der Waals surface area contributed by atoms with Crippen molar-refractivity contribution in [3.8, 4) is 11.1 Å². The van der Waals surface area contributed by atoms with Crippen molar-refractivity contribution in [2.45, 2.75) is 0 Å². The molecule has 2 aromatic heterocycles. The van der Waals surface area contributed by atoms with E-state index >= 15 is 0 Å². The molecule has 0 saturated heterocycles. The van der Waals surface area contributed by atoms with Gasteiger partial charge in [0, 0.05) is 5.02 Å². The second-order valence-corrected chi connectivity index (χ2v) is 7.29. The van der Waals surface area contributed by atoms with Gasteiger partial charge in [0.05, 0.1) is 10.2 Å². The number of hydrogen-bond donors (Lipinski definition) is 1. The molecular weight excluding hydrogens is 366 g/mol. The zero-order valence-electron chi connectivity index (χ0n) is 13.4. The molecule has 1 N–H and O–H groups in total. The number of anilines is 2. The smallest absolute Gasteiger partial charge is 0.302 e. The van der Waals surface area contributed by atoms with Crippen molar-refractivity contribution >= 4 is 55.4 Å². The molecule has 3 aromatic carbocycles. The Morgan fingerprint density at radius 3 is 2.62 bits per heavy atom. The maximum atomic E-state index is 6.02. The Morgan fingerprint density at radius 2 is 1.73 bits per heavy atom. The largest absolute Gasteiger partial charge is 0.423 e. The number of halogens is 1. The monoisotopic (exact) mass is 377 g/mol. The highest BCUT2D eigenvalue weighted by atomic mass is 35.5.